The van der Waals surface area contributed by atoms with Gasteiger partial charge in [0, 0.05) is 25.7 Å². The molecule has 0 aromatic carbocycles. The third-order valence-electron chi connectivity index (χ3n) is 5.02. The molecule has 0 aromatic rings. The summed E-state index contributed by atoms with van der Waals surface area (Å²) in [7, 11) is 2.25. The van der Waals surface area contributed by atoms with Gasteiger partial charge in [-0.05, 0) is 45.1 Å². The third kappa shape index (κ3) is 4.73. The zero-order chi connectivity index (χ0) is 13.5. The van der Waals surface area contributed by atoms with Crippen molar-refractivity contribution >= 4 is 0 Å². The summed E-state index contributed by atoms with van der Waals surface area (Å²) in [4.78, 5) is 2.49. The lowest BCUT2D eigenvalue weighted by Gasteiger charge is -2.36. The molecule has 19 heavy (non-hydrogen) atoms. The third-order valence-corrected chi connectivity index (χ3v) is 5.02. The van der Waals surface area contributed by atoms with Crippen LogP contribution < -0.4 is 5.73 Å². The lowest BCUT2D eigenvalue weighted by atomic mass is 9.90. The predicted octanol–water partition coefficient (Wildman–Crippen LogP) is 2.79. The smallest absolute Gasteiger partial charge is 0.0702 e. The zero-order valence-electron chi connectivity index (χ0n) is 12.7. The molecule has 2 fully saturated rings. The molecule has 0 radical (unpaired) electrons. The van der Waals surface area contributed by atoms with Gasteiger partial charge in [-0.1, -0.05) is 25.7 Å². The highest BCUT2D eigenvalue weighted by Crippen LogP contribution is 2.28. The van der Waals surface area contributed by atoms with Crippen LogP contribution in [0.15, 0.2) is 0 Å². The molecular weight excluding hydrogens is 236 g/mol. The van der Waals surface area contributed by atoms with Crippen molar-refractivity contribution in [1.29, 1.82) is 0 Å². The fourth-order valence-corrected chi connectivity index (χ4v) is 3.84. The number of hydrogen-bond donors (Lipinski definition) is 1. The van der Waals surface area contributed by atoms with Gasteiger partial charge < -0.3 is 10.5 Å². The molecule has 1 saturated heterocycles. The summed E-state index contributed by atoms with van der Waals surface area (Å²) in [5.41, 5.74) is 6.08. The minimum Gasteiger partial charge on any atom is -0.377 e. The van der Waals surface area contributed by atoms with Crippen LogP contribution in [0.4, 0.5) is 0 Å². The van der Waals surface area contributed by atoms with Gasteiger partial charge in [-0.25, -0.2) is 0 Å². The summed E-state index contributed by atoms with van der Waals surface area (Å²) < 4.78 is 5.87. The van der Waals surface area contributed by atoms with E-state index in [9.17, 15) is 0 Å². The Morgan fingerprint density at radius 1 is 1.05 bits per heavy atom. The quantitative estimate of drug-likeness (QED) is 0.779. The molecule has 0 amide bonds. The van der Waals surface area contributed by atoms with Crippen LogP contribution in [0.25, 0.3) is 0 Å². The van der Waals surface area contributed by atoms with E-state index in [1.807, 2.05) is 0 Å². The van der Waals surface area contributed by atoms with Crippen LogP contribution in [-0.2, 0) is 4.74 Å². The SMILES string of the molecule is CN(CC1CCCCO1)C(CN)C1CCCCCC1. The second kappa shape index (κ2) is 8.23. The maximum absolute atomic E-state index is 6.08. The van der Waals surface area contributed by atoms with Gasteiger partial charge >= 0.3 is 0 Å². The molecule has 0 bridgehead atoms. The average Bonchev–Trinajstić information content (AvgIpc) is 2.70. The Morgan fingerprint density at radius 2 is 1.74 bits per heavy atom. The molecule has 112 valence electrons. The van der Waals surface area contributed by atoms with E-state index in [0.717, 1.165) is 25.6 Å². The summed E-state index contributed by atoms with van der Waals surface area (Å²) in [6.45, 7) is 2.82. The molecule has 0 aromatic heterocycles. The molecule has 2 atom stereocenters. The molecule has 1 saturated carbocycles. The predicted molar refractivity (Wildman–Crippen MR) is 80.3 cm³/mol. The first-order valence-electron chi connectivity index (χ1n) is 8.33. The maximum Gasteiger partial charge on any atom is 0.0702 e. The van der Waals surface area contributed by atoms with Crippen molar-refractivity contribution in [3.63, 3.8) is 0 Å². The number of ether oxygens (including phenoxy) is 1. The Morgan fingerprint density at radius 3 is 2.32 bits per heavy atom. The minimum atomic E-state index is 0.443. The van der Waals surface area contributed by atoms with Crippen LogP contribution in [0.2, 0.25) is 0 Å². The maximum atomic E-state index is 6.08. The van der Waals surface area contributed by atoms with Crippen LogP contribution in [0, 0.1) is 5.92 Å². The normalized spacial score (nSPS) is 28.3. The van der Waals surface area contributed by atoms with Gasteiger partial charge in [0.15, 0.2) is 0 Å². The largest absolute Gasteiger partial charge is 0.377 e. The van der Waals surface area contributed by atoms with Gasteiger partial charge in [-0.2, -0.15) is 0 Å². The van der Waals surface area contributed by atoms with Crippen molar-refractivity contribution in [1.82, 2.24) is 4.90 Å². The van der Waals surface area contributed by atoms with E-state index in [1.54, 1.807) is 0 Å². The van der Waals surface area contributed by atoms with Crippen molar-refractivity contribution < 1.29 is 4.74 Å². The molecule has 3 nitrogen and oxygen atoms in total. The number of rotatable bonds is 5. The second-order valence-electron chi connectivity index (χ2n) is 6.48. The number of likely N-dealkylation sites (N-methyl/N-ethyl adjacent to an activating group) is 1. The zero-order valence-corrected chi connectivity index (χ0v) is 12.7. The van der Waals surface area contributed by atoms with E-state index in [4.69, 9.17) is 10.5 Å². The van der Waals surface area contributed by atoms with Crippen molar-refractivity contribution in [2.45, 2.75) is 69.9 Å². The Kier molecular flexibility index (Phi) is 6.62. The van der Waals surface area contributed by atoms with Gasteiger partial charge in [0.05, 0.1) is 6.10 Å². The Balaban J connectivity index is 1.83. The molecule has 2 rings (SSSR count). The van der Waals surface area contributed by atoms with Crippen LogP contribution in [-0.4, -0.2) is 43.8 Å². The van der Waals surface area contributed by atoms with E-state index in [1.165, 1.54) is 57.8 Å². The highest BCUT2D eigenvalue weighted by Gasteiger charge is 2.27. The first-order valence-corrected chi connectivity index (χ1v) is 8.33. The van der Waals surface area contributed by atoms with Gasteiger partial charge in [0.2, 0.25) is 0 Å². The molecule has 2 aliphatic rings. The molecule has 2 N–H and O–H groups in total. The Bertz CT molecular complexity index is 233. The van der Waals surface area contributed by atoms with Crippen molar-refractivity contribution in [3.8, 4) is 0 Å². The first-order chi connectivity index (χ1) is 9.31. The fraction of sp³-hybridized carbons (Fsp3) is 1.00. The topological polar surface area (TPSA) is 38.5 Å². The number of hydrogen-bond acceptors (Lipinski definition) is 3. The Labute approximate surface area is 118 Å². The van der Waals surface area contributed by atoms with Gasteiger partial charge in [-0.15, -0.1) is 0 Å². The molecule has 1 aliphatic heterocycles. The van der Waals surface area contributed by atoms with Crippen LogP contribution in [0.3, 0.4) is 0 Å². The summed E-state index contributed by atoms with van der Waals surface area (Å²) in [6, 6.07) is 0.559. The van der Waals surface area contributed by atoms with Gasteiger partial charge in [0.25, 0.3) is 0 Å². The van der Waals surface area contributed by atoms with Crippen LogP contribution >= 0.6 is 0 Å². The lowest BCUT2D eigenvalue weighted by Crippen LogP contribution is -2.47. The molecule has 1 aliphatic carbocycles. The summed E-state index contributed by atoms with van der Waals surface area (Å²) in [5, 5.41) is 0. The second-order valence-corrected chi connectivity index (χ2v) is 6.48. The molecule has 1 heterocycles. The van der Waals surface area contributed by atoms with Gasteiger partial charge in [-0.3, -0.25) is 4.90 Å². The molecule has 0 spiro atoms. The summed E-state index contributed by atoms with van der Waals surface area (Å²) >= 11 is 0. The van der Waals surface area contributed by atoms with E-state index in [2.05, 4.69) is 11.9 Å². The highest BCUT2D eigenvalue weighted by molar-refractivity contribution is 4.82. The van der Waals surface area contributed by atoms with E-state index < -0.39 is 0 Å². The number of nitrogens with zero attached hydrogens (tertiary/aromatic N) is 1. The van der Waals surface area contributed by atoms with Crippen molar-refractivity contribution in [2.75, 3.05) is 26.7 Å². The first kappa shape index (κ1) is 15.3. The highest BCUT2D eigenvalue weighted by atomic mass is 16.5. The molecular formula is C16H32N2O. The van der Waals surface area contributed by atoms with E-state index in [0.29, 0.717) is 12.1 Å². The van der Waals surface area contributed by atoms with E-state index >= 15 is 0 Å². The monoisotopic (exact) mass is 268 g/mol. The van der Waals surface area contributed by atoms with Crippen molar-refractivity contribution in [3.05, 3.63) is 0 Å². The average molecular weight is 268 g/mol. The molecule has 2 unspecified atom stereocenters. The summed E-state index contributed by atoms with van der Waals surface area (Å²) in [5.74, 6) is 0.807. The van der Waals surface area contributed by atoms with Crippen LogP contribution in [0.5, 0.6) is 0 Å². The fourth-order valence-electron chi connectivity index (χ4n) is 3.84. The van der Waals surface area contributed by atoms with E-state index in [-0.39, 0.29) is 0 Å². The number of nitrogens with two attached hydrogens (primary N) is 1. The minimum absolute atomic E-state index is 0.443. The van der Waals surface area contributed by atoms with Gasteiger partial charge in [0.1, 0.15) is 0 Å². The van der Waals surface area contributed by atoms with Crippen LogP contribution in [0.1, 0.15) is 57.8 Å². The summed E-state index contributed by atoms with van der Waals surface area (Å²) in [6.07, 6.45) is 12.6. The molecule has 3 heteroatoms. The Hall–Kier alpha value is -0.120. The lowest BCUT2D eigenvalue weighted by molar-refractivity contribution is -0.0128. The van der Waals surface area contributed by atoms with Crippen molar-refractivity contribution in [2.24, 2.45) is 11.7 Å². The standard InChI is InChI=1S/C16H32N2O/c1-18(13-15-10-6-7-11-19-15)16(12-17)14-8-4-2-3-5-9-14/h14-16H,2-13,17H2,1H3.